The van der Waals surface area contributed by atoms with Crippen LogP contribution in [0.5, 0.6) is 5.75 Å². The number of benzene rings is 1. The first kappa shape index (κ1) is 31.5. The first-order valence-electron chi connectivity index (χ1n) is 15.8. The highest BCUT2D eigenvalue weighted by molar-refractivity contribution is 6.00. The van der Waals surface area contributed by atoms with Crippen molar-refractivity contribution in [3.8, 4) is 5.75 Å². The Bertz CT molecular complexity index is 1000. The maximum Gasteiger partial charge on any atom is 0.246 e. The lowest BCUT2D eigenvalue weighted by Gasteiger charge is -2.38. The number of anilines is 1. The molecule has 0 aliphatic carbocycles. The van der Waals surface area contributed by atoms with E-state index in [2.05, 4.69) is 66.0 Å². The molecule has 0 radical (unpaired) electrons. The number of carbonyl (C=O) groups is 2. The van der Waals surface area contributed by atoms with E-state index in [4.69, 9.17) is 4.74 Å². The lowest BCUT2D eigenvalue weighted by atomic mass is 9.83. The zero-order valence-electron chi connectivity index (χ0n) is 26.2. The third kappa shape index (κ3) is 8.72. The average molecular weight is 541 g/mol. The van der Waals surface area contributed by atoms with Crippen LogP contribution in [0, 0.1) is 38.5 Å². The predicted molar refractivity (Wildman–Crippen MR) is 163 cm³/mol. The molecule has 4 unspecified atom stereocenters. The zero-order chi connectivity index (χ0) is 28.7. The van der Waals surface area contributed by atoms with Gasteiger partial charge < -0.3 is 15.4 Å². The van der Waals surface area contributed by atoms with Gasteiger partial charge in [0.25, 0.3) is 0 Å². The summed E-state index contributed by atoms with van der Waals surface area (Å²) in [6, 6.07) is -0.437. The number of ether oxygens (including phenoxy) is 1. The summed E-state index contributed by atoms with van der Waals surface area (Å²) in [5.74, 6) is 3.31. The SMILES string of the molecule is Cc1c(C)c2c(c(C)c1NC(=O)C1CCC(=O)N1)CCC(C)(CCCC(C)CCCC(C)CCCC(C)C)O2. The van der Waals surface area contributed by atoms with Gasteiger partial charge in [-0.1, -0.05) is 72.6 Å². The standard InChI is InChI=1S/C34H56N2O3/c1-22(2)12-9-13-23(3)14-10-15-24(4)16-11-20-34(8)21-19-28-27(7)31(25(5)26(6)32(28)39-34)36-33(38)29-17-18-30(37)35-29/h22-24,29H,9-21H2,1-8H3,(H,35,37)(H,36,38). The molecule has 0 spiro atoms. The van der Waals surface area contributed by atoms with E-state index in [-0.39, 0.29) is 17.4 Å². The summed E-state index contributed by atoms with van der Waals surface area (Å²) in [6.07, 6.45) is 14.7. The minimum atomic E-state index is -0.437. The molecule has 2 amide bonds. The number of hydrogen-bond acceptors (Lipinski definition) is 3. The van der Waals surface area contributed by atoms with Gasteiger partial charge in [-0.15, -0.1) is 0 Å². The highest BCUT2D eigenvalue weighted by atomic mass is 16.5. The van der Waals surface area contributed by atoms with Gasteiger partial charge in [-0.25, -0.2) is 0 Å². The van der Waals surface area contributed by atoms with Crippen LogP contribution in [0.2, 0.25) is 0 Å². The van der Waals surface area contributed by atoms with E-state index in [1.54, 1.807) is 0 Å². The van der Waals surface area contributed by atoms with E-state index < -0.39 is 6.04 Å². The quantitative estimate of drug-likeness (QED) is 0.249. The molecule has 0 bridgehead atoms. The normalized spacial score (nSPS) is 22.3. The second kappa shape index (κ2) is 14.0. The molecule has 1 aromatic carbocycles. The monoisotopic (exact) mass is 540 g/mol. The van der Waals surface area contributed by atoms with Gasteiger partial charge in [-0.05, 0) is 99.8 Å². The molecular formula is C34H56N2O3. The summed E-state index contributed by atoms with van der Waals surface area (Å²) < 4.78 is 6.76. The fraction of sp³-hybridized carbons (Fsp3) is 0.765. The Labute approximate surface area is 238 Å². The van der Waals surface area contributed by atoms with Crippen LogP contribution in [-0.4, -0.2) is 23.5 Å². The summed E-state index contributed by atoms with van der Waals surface area (Å²) in [5, 5.41) is 5.91. The average Bonchev–Trinajstić information content (AvgIpc) is 3.31. The Hall–Kier alpha value is -2.04. The summed E-state index contributed by atoms with van der Waals surface area (Å²) in [7, 11) is 0. The van der Waals surface area contributed by atoms with Crippen LogP contribution in [0.4, 0.5) is 5.69 Å². The molecule has 1 fully saturated rings. The van der Waals surface area contributed by atoms with Crippen molar-refractivity contribution in [2.45, 2.75) is 151 Å². The smallest absolute Gasteiger partial charge is 0.246 e. The highest BCUT2D eigenvalue weighted by Gasteiger charge is 2.35. The molecule has 220 valence electrons. The van der Waals surface area contributed by atoms with Gasteiger partial charge in [0.15, 0.2) is 0 Å². The molecule has 2 heterocycles. The molecule has 3 rings (SSSR count). The van der Waals surface area contributed by atoms with Gasteiger partial charge >= 0.3 is 0 Å². The number of nitrogens with one attached hydrogen (secondary N) is 2. The number of carbonyl (C=O) groups excluding carboxylic acids is 2. The summed E-state index contributed by atoms with van der Waals surface area (Å²) >= 11 is 0. The molecule has 2 N–H and O–H groups in total. The third-order valence-electron chi connectivity index (χ3n) is 9.47. The Kier molecular flexibility index (Phi) is 11.3. The first-order chi connectivity index (χ1) is 18.4. The number of hydrogen-bond donors (Lipinski definition) is 2. The highest BCUT2D eigenvalue weighted by Crippen LogP contribution is 2.44. The van der Waals surface area contributed by atoms with Crippen molar-refractivity contribution in [1.82, 2.24) is 5.32 Å². The van der Waals surface area contributed by atoms with Gasteiger partial charge in [0.1, 0.15) is 17.4 Å². The molecular weight excluding hydrogens is 484 g/mol. The molecule has 5 heteroatoms. The van der Waals surface area contributed by atoms with Crippen LogP contribution < -0.4 is 15.4 Å². The van der Waals surface area contributed by atoms with E-state index in [9.17, 15) is 9.59 Å². The largest absolute Gasteiger partial charge is 0.487 e. The van der Waals surface area contributed by atoms with Crippen LogP contribution in [0.3, 0.4) is 0 Å². The molecule has 4 atom stereocenters. The second-order valence-electron chi connectivity index (χ2n) is 13.6. The Morgan fingerprint density at radius 3 is 2.13 bits per heavy atom. The van der Waals surface area contributed by atoms with Crippen LogP contribution in [0.1, 0.15) is 134 Å². The first-order valence-corrected chi connectivity index (χ1v) is 15.8. The van der Waals surface area contributed by atoms with Gasteiger partial charge in [0.2, 0.25) is 11.8 Å². The van der Waals surface area contributed by atoms with Crippen LogP contribution in [0.25, 0.3) is 0 Å². The molecule has 0 saturated carbocycles. The third-order valence-corrected chi connectivity index (χ3v) is 9.47. The Balaban J connectivity index is 1.49. The molecule has 2 aliphatic heterocycles. The van der Waals surface area contributed by atoms with E-state index in [1.165, 1.54) is 56.9 Å². The molecule has 2 aliphatic rings. The second-order valence-corrected chi connectivity index (χ2v) is 13.6. The fourth-order valence-electron chi connectivity index (χ4n) is 6.50. The molecule has 39 heavy (non-hydrogen) atoms. The fourth-order valence-corrected chi connectivity index (χ4v) is 6.50. The van der Waals surface area contributed by atoms with Crippen LogP contribution >= 0.6 is 0 Å². The van der Waals surface area contributed by atoms with Gasteiger partial charge in [0.05, 0.1) is 0 Å². The summed E-state index contributed by atoms with van der Waals surface area (Å²) in [5.41, 5.74) is 5.23. The van der Waals surface area contributed by atoms with Crippen molar-refractivity contribution in [1.29, 1.82) is 0 Å². The van der Waals surface area contributed by atoms with E-state index >= 15 is 0 Å². The lowest BCUT2D eigenvalue weighted by Crippen LogP contribution is -2.38. The van der Waals surface area contributed by atoms with Crippen LogP contribution in [0.15, 0.2) is 0 Å². The van der Waals surface area contributed by atoms with Crippen molar-refractivity contribution in [3.63, 3.8) is 0 Å². The number of amides is 2. The minimum absolute atomic E-state index is 0.0468. The molecule has 5 nitrogen and oxygen atoms in total. The zero-order valence-corrected chi connectivity index (χ0v) is 26.2. The van der Waals surface area contributed by atoms with Gasteiger partial charge in [-0.2, -0.15) is 0 Å². The van der Waals surface area contributed by atoms with Crippen molar-refractivity contribution < 1.29 is 14.3 Å². The van der Waals surface area contributed by atoms with Crippen molar-refractivity contribution in [2.24, 2.45) is 17.8 Å². The van der Waals surface area contributed by atoms with Crippen LogP contribution in [-0.2, 0) is 16.0 Å². The van der Waals surface area contributed by atoms with Gasteiger partial charge in [0, 0.05) is 12.1 Å². The molecule has 1 aromatic rings. The minimum Gasteiger partial charge on any atom is -0.487 e. The van der Waals surface area contributed by atoms with E-state index in [0.717, 1.165) is 65.1 Å². The maximum atomic E-state index is 12.8. The van der Waals surface area contributed by atoms with Crippen molar-refractivity contribution in [3.05, 3.63) is 22.3 Å². The van der Waals surface area contributed by atoms with Crippen molar-refractivity contribution in [2.75, 3.05) is 5.32 Å². The lowest BCUT2D eigenvalue weighted by molar-refractivity contribution is -0.122. The predicted octanol–water partition coefficient (Wildman–Crippen LogP) is 8.35. The van der Waals surface area contributed by atoms with Gasteiger partial charge in [-0.3, -0.25) is 9.59 Å². The number of fused-ring (bicyclic) bond motifs is 1. The molecule has 0 aromatic heterocycles. The number of rotatable bonds is 14. The summed E-state index contributed by atoms with van der Waals surface area (Å²) in [4.78, 5) is 24.4. The Morgan fingerprint density at radius 1 is 0.923 bits per heavy atom. The topological polar surface area (TPSA) is 67.4 Å². The maximum absolute atomic E-state index is 12.8. The van der Waals surface area contributed by atoms with Crippen molar-refractivity contribution >= 4 is 17.5 Å². The summed E-state index contributed by atoms with van der Waals surface area (Å²) in [6.45, 7) is 18.0. The van der Waals surface area contributed by atoms with E-state index in [0.29, 0.717) is 12.8 Å². The molecule has 1 saturated heterocycles. The Morgan fingerprint density at radius 2 is 1.54 bits per heavy atom. The van der Waals surface area contributed by atoms with E-state index in [1.807, 2.05) is 0 Å².